The van der Waals surface area contributed by atoms with Gasteiger partial charge in [-0.15, -0.1) is 0 Å². The molecule has 0 aliphatic carbocycles. The van der Waals surface area contributed by atoms with Crippen LogP contribution in [-0.4, -0.2) is 43.6 Å². The minimum Gasteiger partial charge on any atom is -0.462 e. The van der Waals surface area contributed by atoms with Crippen LogP contribution in [0.1, 0.15) is 17.3 Å². The van der Waals surface area contributed by atoms with Crippen LogP contribution in [0.2, 0.25) is 5.02 Å². The van der Waals surface area contributed by atoms with Crippen molar-refractivity contribution in [1.82, 2.24) is 24.6 Å². The van der Waals surface area contributed by atoms with Crippen LogP contribution in [-0.2, 0) is 9.53 Å². The zero-order valence-corrected chi connectivity index (χ0v) is 15.1. The van der Waals surface area contributed by atoms with Crippen LogP contribution in [0, 0.1) is 5.82 Å². The van der Waals surface area contributed by atoms with Gasteiger partial charge >= 0.3 is 5.97 Å². The molecule has 0 saturated carbocycles. The molecule has 3 heterocycles. The molecule has 0 saturated heterocycles. The number of nitrogens with one attached hydrogen (secondary N) is 2. The maximum Gasteiger partial charge on any atom is 0.343 e. The summed E-state index contributed by atoms with van der Waals surface area (Å²) in [6.07, 6.45) is 6.53. The first-order valence-electron chi connectivity index (χ1n) is 8.11. The number of carbonyl (C=O) groups excluding carboxylic acids is 2. The fraction of sp³-hybridized carbons (Fsp3) is 0.118. The molecule has 0 aliphatic heterocycles. The van der Waals surface area contributed by atoms with Gasteiger partial charge in [0.25, 0.3) is 0 Å². The molecule has 0 bridgehead atoms. The lowest BCUT2D eigenvalue weighted by atomic mass is 10.0. The highest BCUT2D eigenvalue weighted by Crippen LogP contribution is 2.38. The van der Waals surface area contributed by atoms with Crippen LogP contribution in [0.25, 0.3) is 27.8 Å². The van der Waals surface area contributed by atoms with E-state index in [-0.39, 0.29) is 28.3 Å². The van der Waals surface area contributed by atoms with Crippen molar-refractivity contribution in [2.45, 2.75) is 6.92 Å². The van der Waals surface area contributed by atoms with Crippen molar-refractivity contribution in [3.8, 4) is 11.3 Å². The molecular formula is C17H12ClFN6O3. The normalized spacial score (nSPS) is 11.1. The summed E-state index contributed by atoms with van der Waals surface area (Å²) >= 11 is 6.27. The van der Waals surface area contributed by atoms with Gasteiger partial charge in [0, 0.05) is 17.1 Å². The molecule has 9 nitrogen and oxygen atoms in total. The fourth-order valence-electron chi connectivity index (χ4n) is 2.92. The number of anilines is 1. The van der Waals surface area contributed by atoms with Crippen LogP contribution in [0.5, 0.6) is 0 Å². The summed E-state index contributed by atoms with van der Waals surface area (Å²) in [6.45, 7) is 1.71. The Hall–Kier alpha value is -3.53. The molecule has 0 spiro atoms. The Bertz CT molecular complexity index is 1230. The van der Waals surface area contributed by atoms with Crippen LogP contribution >= 0.6 is 11.6 Å². The highest BCUT2D eigenvalue weighted by Gasteiger charge is 2.26. The molecule has 3 aromatic heterocycles. The van der Waals surface area contributed by atoms with E-state index in [0.717, 1.165) is 0 Å². The maximum absolute atomic E-state index is 15.0. The van der Waals surface area contributed by atoms with E-state index in [1.54, 1.807) is 23.7 Å². The Morgan fingerprint density at radius 1 is 1.43 bits per heavy atom. The van der Waals surface area contributed by atoms with Crippen molar-refractivity contribution in [1.29, 1.82) is 0 Å². The maximum atomic E-state index is 15.0. The number of H-pyrrole nitrogens is 1. The zero-order valence-electron chi connectivity index (χ0n) is 14.4. The van der Waals surface area contributed by atoms with E-state index in [0.29, 0.717) is 29.0 Å². The van der Waals surface area contributed by atoms with Crippen LogP contribution in [0.15, 0.2) is 24.8 Å². The number of rotatable bonds is 5. The molecule has 1 amide bonds. The summed E-state index contributed by atoms with van der Waals surface area (Å²) in [6, 6.07) is 0. The molecule has 1 aromatic carbocycles. The Balaban J connectivity index is 1.94. The minimum absolute atomic E-state index is 0.0866. The topological polar surface area (TPSA) is 114 Å². The molecule has 28 heavy (non-hydrogen) atoms. The lowest BCUT2D eigenvalue weighted by Gasteiger charge is -2.11. The largest absolute Gasteiger partial charge is 0.462 e. The number of aromatic nitrogens is 5. The van der Waals surface area contributed by atoms with Gasteiger partial charge in [-0.2, -0.15) is 5.10 Å². The number of halogens is 2. The Labute approximate surface area is 161 Å². The number of hydrogen-bond donors (Lipinski definition) is 2. The van der Waals surface area contributed by atoms with Crippen LogP contribution in [0.3, 0.4) is 0 Å². The van der Waals surface area contributed by atoms with Gasteiger partial charge in [0.2, 0.25) is 6.41 Å². The summed E-state index contributed by atoms with van der Waals surface area (Å²) < 4.78 is 21.5. The number of benzene rings is 1. The molecule has 0 aliphatic rings. The number of carbonyl (C=O) groups is 2. The highest BCUT2D eigenvalue weighted by atomic mass is 35.5. The van der Waals surface area contributed by atoms with Gasteiger partial charge in [0.15, 0.2) is 17.3 Å². The van der Waals surface area contributed by atoms with Crippen molar-refractivity contribution in [2.75, 3.05) is 11.9 Å². The standard InChI is InChI=1S/C17H12ClFN6O3/c1-2-28-17(27)13-15(19)14(18)12(8-3-22-24-16(8)13)9-5-25-6-10(21-7-26)23-11(25)4-20-9/h3-7H,2H2,1H3,(H,21,26)(H,22,24). The third-order valence-corrected chi connectivity index (χ3v) is 4.43. The molecule has 142 valence electrons. The van der Waals surface area contributed by atoms with E-state index < -0.39 is 11.8 Å². The number of esters is 1. The van der Waals surface area contributed by atoms with Crippen molar-refractivity contribution in [3.05, 3.63) is 41.2 Å². The molecule has 11 heteroatoms. The van der Waals surface area contributed by atoms with E-state index in [1.807, 2.05) is 0 Å². The van der Waals surface area contributed by atoms with Crippen LogP contribution < -0.4 is 5.32 Å². The lowest BCUT2D eigenvalue weighted by molar-refractivity contribution is -0.105. The second kappa shape index (κ2) is 6.89. The summed E-state index contributed by atoms with van der Waals surface area (Å²) in [5.41, 5.74) is 0.900. The van der Waals surface area contributed by atoms with Crippen molar-refractivity contribution < 1.29 is 18.7 Å². The minimum atomic E-state index is -0.928. The van der Waals surface area contributed by atoms with E-state index in [1.165, 1.54) is 12.4 Å². The quantitative estimate of drug-likeness (QED) is 0.392. The van der Waals surface area contributed by atoms with Gasteiger partial charge in [-0.25, -0.2) is 14.2 Å². The number of hydrogen-bond acceptors (Lipinski definition) is 6. The van der Waals surface area contributed by atoms with E-state index in [4.69, 9.17) is 16.3 Å². The third kappa shape index (κ3) is 2.74. The molecule has 4 aromatic rings. The smallest absolute Gasteiger partial charge is 0.343 e. The predicted molar refractivity (Wildman–Crippen MR) is 98.7 cm³/mol. The summed E-state index contributed by atoms with van der Waals surface area (Å²) in [5.74, 6) is -1.44. The SMILES string of the molecule is CCOC(=O)c1c(F)c(Cl)c(-c2cn3cc(NC=O)nc3cn2)c2cn[nH]c12. The van der Waals surface area contributed by atoms with Gasteiger partial charge in [-0.1, -0.05) is 11.6 Å². The number of amides is 1. The van der Waals surface area contributed by atoms with Crippen molar-refractivity contribution in [2.24, 2.45) is 0 Å². The van der Waals surface area contributed by atoms with E-state index >= 15 is 0 Å². The second-order valence-corrected chi connectivity index (χ2v) is 6.06. The average Bonchev–Trinajstić information content (AvgIpc) is 3.29. The Morgan fingerprint density at radius 2 is 2.25 bits per heavy atom. The lowest BCUT2D eigenvalue weighted by Crippen LogP contribution is -2.09. The third-order valence-electron chi connectivity index (χ3n) is 4.07. The first-order chi connectivity index (χ1) is 13.5. The van der Waals surface area contributed by atoms with E-state index in [2.05, 4.69) is 25.5 Å². The van der Waals surface area contributed by atoms with E-state index in [9.17, 15) is 14.0 Å². The number of aromatic amines is 1. The Morgan fingerprint density at radius 3 is 3.00 bits per heavy atom. The predicted octanol–water partition coefficient (Wildman–Crippen LogP) is 2.81. The van der Waals surface area contributed by atoms with Gasteiger partial charge in [0.1, 0.15) is 5.56 Å². The number of fused-ring (bicyclic) bond motifs is 2. The molecule has 0 radical (unpaired) electrons. The summed E-state index contributed by atoms with van der Waals surface area (Å²) in [5, 5.41) is 9.10. The first kappa shape index (κ1) is 17.9. The number of imidazole rings is 1. The molecule has 0 unspecified atom stereocenters. The van der Waals surface area contributed by atoms with Crippen molar-refractivity contribution >= 4 is 46.3 Å². The molecular weight excluding hydrogens is 391 g/mol. The molecule has 0 atom stereocenters. The van der Waals surface area contributed by atoms with Crippen LogP contribution in [0.4, 0.5) is 10.2 Å². The van der Waals surface area contributed by atoms with Crippen molar-refractivity contribution in [3.63, 3.8) is 0 Å². The molecule has 0 fully saturated rings. The Kier molecular flexibility index (Phi) is 4.40. The monoisotopic (exact) mass is 402 g/mol. The first-order valence-corrected chi connectivity index (χ1v) is 8.49. The van der Waals surface area contributed by atoms with Gasteiger partial charge in [0.05, 0.1) is 41.4 Å². The number of nitrogens with zero attached hydrogens (tertiary/aromatic N) is 4. The zero-order chi connectivity index (χ0) is 19.8. The molecule has 2 N–H and O–H groups in total. The number of ether oxygens (including phenoxy) is 1. The van der Waals surface area contributed by atoms with Gasteiger partial charge < -0.3 is 14.5 Å². The second-order valence-electron chi connectivity index (χ2n) is 5.68. The fourth-order valence-corrected chi connectivity index (χ4v) is 3.21. The average molecular weight is 403 g/mol. The highest BCUT2D eigenvalue weighted by molar-refractivity contribution is 6.36. The summed E-state index contributed by atoms with van der Waals surface area (Å²) in [4.78, 5) is 31.2. The summed E-state index contributed by atoms with van der Waals surface area (Å²) in [7, 11) is 0. The van der Waals surface area contributed by atoms with Gasteiger partial charge in [-0.05, 0) is 6.92 Å². The molecule has 4 rings (SSSR count). The van der Waals surface area contributed by atoms with Gasteiger partial charge in [-0.3, -0.25) is 14.9 Å².